The van der Waals surface area contributed by atoms with Gasteiger partial charge in [-0.2, -0.15) is 0 Å². The maximum atomic E-state index is 13.8. The van der Waals surface area contributed by atoms with Crippen LogP contribution in [0.5, 0.6) is 0 Å². The lowest BCUT2D eigenvalue weighted by Gasteiger charge is -2.34. The molecule has 1 aromatic carbocycles. The number of thiazole rings is 1. The largest absolute Gasteiger partial charge is 0.373 e. The Balaban J connectivity index is 1.49. The molecule has 1 fully saturated rings. The first kappa shape index (κ1) is 22.8. The van der Waals surface area contributed by atoms with Crippen molar-refractivity contribution in [1.82, 2.24) is 19.4 Å². The second-order valence-corrected chi connectivity index (χ2v) is 9.54. The number of carbonyl (C=O) groups excluding carboxylic acids is 1. The number of amides is 1. The molecule has 0 saturated carbocycles. The van der Waals surface area contributed by atoms with Gasteiger partial charge in [0.25, 0.3) is 0 Å². The van der Waals surface area contributed by atoms with Gasteiger partial charge < -0.3 is 14.6 Å². The predicted molar refractivity (Wildman–Crippen MR) is 120 cm³/mol. The number of hydrogen-bond donors (Lipinski definition) is 1. The van der Waals surface area contributed by atoms with Gasteiger partial charge in [0.1, 0.15) is 6.04 Å². The maximum absolute atomic E-state index is 13.8. The van der Waals surface area contributed by atoms with E-state index in [0.29, 0.717) is 22.7 Å². The molecule has 4 rings (SSSR count). The molecule has 3 aromatic rings. The minimum atomic E-state index is -0.974. The smallest absolute Gasteiger partial charge is 0.249 e. The molecule has 1 N–H and O–H groups in total. The van der Waals surface area contributed by atoms with Crippen molar-refractivity contribution in [2.45, 2.75) is 52.5 Å². The van der Waals surface area contributed by atoms with E-state index in [0.717, 1.165) is 30.9 Å². The molecule has 3 heterocycles. The molecule has 1 aliphatic rings. The van der Waals surface area contributed by atoms with Crippen molar-refractivity contribution >= 4 is 33.4 Å². The van der Waals surface area contributed by atoms with Crippen LogP contribution in [-0.4, -0.2) is 50.6 Å². The number of rotatable bonds is 6. The number of morpholine rings is 1. The molecule has 3 atom stereocenters. The van der Waals surface area contributed by atoms with Crippen LogP contribution in [0.4, 0.5) is 13.9 Å². The van der Waals surface area contributed by atoms with E-state index < -0.39 is 17.7 Å². The number of nitrogens with one attached hydrogen (secondary N) is 1. The summed E-state index contributed by atoms with van der Waals surface area (Å²) in [7, 11) is 0. The monoisotopic (exact) mass is 463 g/mol. The molecule has 0 aliphatic carbocycles. The van der Waals surface area contributed by atoms with Crippen LogP contribution in [0.2, 0.25) is 0 Å². The SMILES string of the molecule is CC1CN(Cc2csc(NC(=O)C(C(C)C)n3cnc4cc(F)c(F)cc43)n2)CC(C)O1. The van der Waals surface area contributed by atoms with Gasteiger partial charge in [-0.15, -0.1) is 11.3 Å². The summed E-state index contributed by atoms with van der Waals surface area (Å²) in [5, 5.41) is 5.33. The molecule has 1 saturated heterocycles. The fourth-order valence-corrected chi connectivity index (χ4v) is 4.96. The molecule has 3 unspecified atom stereocenters. The Hall–Kier alpha value is -2.43. The van der Waals surface area contributed by atoms with Crippen molar-refractivity contribution < 1.29 is 18.3 Å². The third-order valence-corrected chi connectivity index (χ3v) is 6.29. The standard InChI is InChI=1S/C22H27F2N5O2S/c1-12(2)20(29-11-25-18-5-16(23)17(24)6-19(18)29)21(30)27-22-26-15(10-32-22)9-28-7-13(3)31-14(4)8-28/h5-6,10-14,20H,7-9H2,1-4H3,(H,26,27,30). The van der Waals surface area contributed by atoms with Gasteiger partial charge in [0.15, 0.2) is 16.8 Å². The number of nitrogens with zero attached hydrogens (tertiary/aromatic N) is 4. The number of imidazole rings is 1. The van der Waals surface area contributed by atoms with Crippen LogP contribution in [0.3, 0.4) is 0 Å². The summed E-state index contributed by atoms with van der Waals surface area (Å²) in [5.41, 5.74) is 1.55. The van der Waals surface area contributed by atoms with Gasteiger partial charge >= 0.3 is 0 Å². The number of anilines is 1. The van der Waals surface area contributed by atoms with E-state index >= 15 is 0 Å². The van der Waals surface area contributed by atoms with E-state index in [1.54, 1.807) is 4.57 Å². The van der Waals surface area contributed by atoms with E-state index in [9.17, 15) is 13.6 Å². The molecular formula is C22H27F2N5O2S. The van der Waals surface area contributed by atoms with E-state index in [2.05, 4.69) is 34.0 Å². The minimum Gasteiger partial charge on any atom is -0.373 e. The van der Waals surface area contributed by atoms with Gasteiger partial charge in [0.05, 0.1) is 35.3 Å². The number of aromatic nitrogens is 3. The summed E-state index contributed by atoms with van der Waals surface area (Å²) in [6.07, 6.45) is 1.79. The normalized spacial score (nSPS) is 20.7. The Morgan fingerprint density at radius 1 is 1.25 bits per heavy atom. The number of benzene rings is 1. The third-order valence-electron chi connectivity index (χ3n) is 5.48. The zero-order chi connectivity index (χ0) is 23.0. The molecule has 1 aliphatic heterocycles. The molecular weight excluding hydrogens is 436 g/mol. The van der Waals surface area contributed by atoms with E-state index in [4.69, 9.17) is 4.74 Å². The number of halogens is 2. The Morgan fingerprint density at radius 3 is 2.62 bits per heavy atom. The summed E-state index contributed by atoms with van der Waals surface area (Å²) in [6, 6.07) is 1.46. The van der Waals surface area contributed by atoms with Gasteiger partial charge in [0, 0.05) is 37.1 Å². The summed E-state index contributed by atoms with van der Waals surface area (Å²) < 4.78 is 34.7. The van der Waals surface area contributed by atoms with Gasteiger partial charge in [-0.25, -0.2) is 18.7 Å². The van der Waals surface area contributed by atoms with Gasteiger partial charge in [-0.05, 0) is 19.8 Å². The van der Waals surface area contributed by atoms with E-state index in [1.165, 1.54) is 17.7 Å². The van der Waals surface area contributed by atoms with Crippen LogP contribution in [-0.2, 0) is 16.1 Å². The van der Waals surface area contributed by atoms with Crippen molar-refractivity contribution in [2.75, 3.05) is 18.4 Å². The van der Waals surface area contributed by atoms with Gasteiger partial charge in [0.2, 0.25) is 5.91 Å². The lowest BCUT2D eigenvalue weighted by atomic mass is 10.0. The van der Waals surface area contributed by atoms with Crippen LogP contribution in [0.1, 0.15) is 39.4 Å². The molecule has 1 amide bonds. The molecule has 7 nitrogen and oxygen atoms in total. The van der Waals surface area contributed by atoms with E-state index in [1.807, 2.05) is 19.2 Å². The minimum absolute atomic E-state index is 0.115. The average molecular weight is 464 g/mol. The number of hydrogen-bond acceptors (Lipinski definition) is 6. The third kappa shape index (κ3) is 4.82. The molecule has 32 heavy (non-hydrogen) atoms. The highest BCUT2D eigenvalue weighted by molar-refractivity contribution is 7.13. The fraction of sp³-hybridized carbons (Fsp3) is 0.500. The lowest BCUT2D eigenvalue weighted by molar-refractivity contribution is -0.120. The van der Waals surface area contributed by atoms with Crippen LogP contribution in [0.25, 0.3) is 11.0 Å². The first-order valence-corrected chi connectivity index (χ1v) is 11.5. The van der Waals surface area contributed by atoms with Crippen LogP contribution in [0.15, 0.2) is 23.8 Å². The first-order chi connectivity index (χ1) is 15.2. The summed E-state index contributed by atoms with van der Waals surface area (Å²) in [6.45, 7) is 10.3. The van der Waals surface area contributed by atoms with Gasteiger partial charge in [-0.3, -0.25) is 9.69 Å². The maximum Gasteiger partial charge on any atom is 0.249 e. The van der Waals surface area contributed by atoms with Crippen molar-refractivity contribution in [2.24, 2.45) is 5.92 Å². The Morgan fingerprint density at radius 2 is 1.94 bits per heavy atom. The Bertz CT molecular complexity index is 1110. The molecule has 10 heteroatoms. The summed E-state index contributed by atoms with van der Waals surface area (Å²) >= 11 is 1.37. The molecule has 172 valence electrons. The average Bonchev–Trinajstić information content (AvgIpc) is 3.28. The number of carbonyl (C=O) groups is 1. The van der Waals surface area contributed by atoms with Crippen molar-refractivity contribution in [3.05, 3.63) is 41.2 Å². The molecule has 0 radical (unpaired) electrons. The number of ether oxygens (including phenoxy) is 1. The van der Waals surface area contributed by atoms with Crippen molar-refractivity contribution in [3.8, 4) is 0 Å². The second-order valence-electron chi connectivity index (χ2n) is 8.68. The predicted octanol–water partition coefficient (Wildman–Crippen LogP) is 4.22. The Labute approximate surface area is 189 Å². The van der Waals surface area contributed by atoms with Gasteiger partial charge in [-0.1, -0.05) is 13.8 Å². The fourth-order valence-electron chi connectivity index (χ4n) is 4.25. The highest BCUT2D eigenvalue weighted by atomic mass is 32.1. The Kier molecular flexibility index (Phi) is 6.55. The second kappa shape index (κ2) is 9.21. The van der Waals surface area contributed by atoms with Crippen LogP contribution in [0, 0.1) is 17.6 Å². The van der Waals surface area contributed by atoms with E-state index in [-0.39, 0.29) is 24.0 Å². The van der Waals surface area contributed by atoms with Crippen molar-refractivity contribution in [3.63, 3.8) is 0 Å². The highest BCUT2D eigenvalue weighted by Gasteiger charge is 2.27. The van der Waals surface area contributed by atoms with Crippen LogP contribution >= 0.6 is 11.3 Å². The zero-order valence-corrected chi connectivity index (χ0v) is 19.3. The summed E-state index contributed by atoms with van der Waals surface area (Å²) in [5.74, 6) is -2.33. The summed E-state index contributed by atoms with van der Waals surface area (Å²) in [4.78, 5) is 24.2. The molecule has 0 spiro atoms. The lowest BCUT2D eigenvalue weighted by Crippen LogP contribution is -2.44. The molecule has 0 bridgehead atoms. The van der Waals surface area contributed by atoms with Crippen molar-refractivity contribution in [1.29, 1.82) is 0 Å². The highest BCUT2D eigenvalue weighted by Crippen LogP contribution is 2.27. The quantitative estimate of drug-likeness (QED) is 0.593. The molecule has 2 aromatic heterocycles. The number of fused-ring (bicyclic) bond motifs is 1. The van der Waals surface area contributed by atoms with Crippen LogP contribution < -0.4 is 5.32 Å². The zero-order valence-electron chi connectivity index (χ0n) is 18.5. The first-order valence-electron chi connectivity index (χ1n) is 10.7. The topological polar surface area (TPSA) is 72.3 Å².